The van der Waals surface area contributed by atoms with Gasteiger partial charge in [-0.05, 0) is 52.3 Å². The van der Waals surface area contributed by atoms with Crippen molar-refractivity contribution in [3.63, 3.8) is 0 Å². The largest absolute Gasteiger partial charge is 0.478 e. The highest BCUT2D eigenvalue weighted by Gasteiger charge is 2.41. The molecular formula is C20H27N3O3. The number of hydrogen-bond acceptors (Lipinski definition) is 4. The van der Waals surface area contributed by atoms with Crippen LogP contribution >= 0.6 is 0 Å². The number of nitrogens with zero attached hydrogens (tertiary/aromatic N) is 2. The number of aromatic amines is 1. The van der Waals surface area contributed by atoms with Gasteiger partial charge < -0.3 is 14.7 Å². The van der Waals surface area contributed by atoms with Crippen LogP contribution in [0.15, 0.2) is 30.3 Å². The number of aromatic nitrogens is 2. The summed E-state index contributed by atoms with van der Waals surface area (Å²) in [5.74, 6) is 0.534. The third kappa shape index (κ3) is 4.07. The van der Waals surface area contributed by atoms with E-state index in [1.807, 2.05) is 44.2 Å². The lowest BCUT2D eigenvalue weighted by atomic mass is 10.00. The van der Waals surface area contributed by atoms with Crippen LogP contribution in [-0.4, -0.2) is 50.9 Å². The van der Waals surface area contributed by atoms with E-state index in [1.54, 1.807) is 18.7 Å². The number of nitrogens with one attached hydrogen (secondary N) is 1. The maximum absolute atomic E-state index is 13.0. The molecule has 140 valence electrons. The molecule has 1 aliphatic rings. The Bertz CT molecular complexity index is 767. The summed E-state index contributed by atoms with van der Waals surface area (Å²) in [5, 5.41) is 17.5. The first-order chi connectivity index (χ1) is 12.2. The predicted molar refractivity (Wildman–Crippen MR) is 99.0 cm³/mol. The second-order valence-corrected chi connectivity index (χ2v) is 7.71. The molecule has 2 atom stereocenters. The van der Waals surface area contributed by atoms with Crippen molar-refractivity contribution >= 4 is 5.91 Å². The van der Waals surface area contributed by atoms with Crippen LogP contribution in [-0.2, 0) is 11.2 Å². The van der Waals surface area contributed by atoms with E-state index in [-0.39, 0.29) is 11.8 Å². The van der Waals surface area contributed by atoms with Crippen LogP contribution in [0.25, 0.3) is 0 Å². The van der Waals surface area contributed by atoms with E-state index in [9.17, 15) is 9.90 Å². The summed E-state index contributed by atoms with van der Waals surface area (Å²) in [6, 6.07) is 9.62. The number of aliphatic hydroxyl groups is 1. The molecule has 2 aromatic rings. The summed E-state index contributed by atoms with van der Waals surface area (Å²) in [7, 11) is 0. The number of likely N-dealkylation sites (tertiary alicyclic amines) is 1. The number of ether oxygens (including phenoxy) is 1. The van der Waals surface area contributed by atoms with Gasteiger partial charge in [0.1, 0.15) is 5.75 Å². The lowest BCUT2D eigenvalue weighted by molar-refractivity contribution is -0.144. The fourth-order valence-corrected chi connectivity index (χ4v) is 3.39. The number of H-pyrrole nitrogens is 1. The van der Waals surface area contributed by atoms with Crippen LogP contribution in [0.5, 0.6) is 5.75 Å². The quantitative estimate of drug-likeness (QED) is 0.860. The maximum atomic E-state index is 13.0. The monoisotopic (exact) mass is 357 g/mol. The Labute approximate surface area is 154 Å². The van der Waals surface area contributed by atoms with Gasteiger partial charge in [0.25, 0.3) is 5.91 Å². The Kier molecular flexibility index (Phi) is 5.05. The Balaban J connectivity index is 1.64. The lowest BCUT2D eigenvalue weighted by Gasteiger charge is -2.30. The molecule has 6 nitrogen and oxygen atoms in total. The number of rotatable bonds is 5. The Morgan fingerprint density at radius 1 is 1.31 bits per heavy atom. The summed E-state index contributed by atoms with van der Waals surface area (Å²) in [5.41, 5.74) is 2.05. The summed E-state index contributed by atoms with van der Waals surface area (Å²) in [4.78, 5) is 14.7. The third-order valence-corrected chi connectivity index (χ3v) is 4.83. The molecular weight excluding hydrogens is 330 g/mol. The molecule has 2 heterocycles. The fourth-order valence-electron chi connectivity index (χ4n) is 3.39. The molecule has 0 spiro atoms. The minimum atomic E-state index is -0.993. The first-order valence-electron chi connectivity index (χ1n) is 8.98. The lowest BCUT2D eigenvalue weighted by Crippen LogP contribution is -2.48. The first kappa shape index (κ1) is 18.5. The standard InChI is InChI=1S/C20H27N3O3/c1-13-5-7-17(8-6-13)26-20(3,4)19(25)23-11-15(18(24)12-23)10-16-9-14(2)21-22-16/h5-9,15,18,24H,10-12H2,1-4H3,(H,21,22). The van der Waals surface area contributed by atoms with Gasteiger partial charge >= 0.3 is 0 Å². The van der Waals surface area contributed by atoms with E-state index in [4.69, 9.17) is 4.74 Å². The van der Waals surface area contributed by atoms with E-state index in [2.05, 4.69) is 10.2 Å². The molecule has 26 heavy (non-hydrogen) atoms. The molecule has 0 radical (unpaired) electrons. The molecule has 6 heteroatoms. The number of hydrogen-bond donors (Lipinski definition) is 2. The van der Waals surface area contributed by atoms with Crippen molar-refractivity contribution in [2.45, 2.75) is 45.8 Å². The zero-order valence-electron chi connectivity index (χ0n) is 15.8. The molecule has 2 unspecified atom stereocenters. The smallest absolute Gasteiger partial charge is 0.266 e. The molecule has 1 aromatic carbocycles. The predicted octanol–water partition coefficient (Wildman–Crippen LogP) is 2.25. The van der Waals surface area contributed by atoms with E-state index in [1.165, 1.54) is 0 Å². The number of aliphatic hydroxyl groups excluding tert-OH is 1. The van der Waals surface area contributed by atoms with Crippen molar-refractivity contribution in [3.8, 4) is 5.75 Å². The van der Waals surface area contributed by atoms with Gasteiger partial charge in [-0.3, -0.25) is 9.89 Å². The van der Waals surface area contributed by atoms with Gasteiger partial charge in [0.2, 0.25) is 0 Å². The molecule has 1 saturated heterocycles. The average molecular weight is 357 g/mol. The summed E-state index contributed by atoms with van der Waals surface area (Å²) in [6.07, 6.45) is 0.0975. The van der Waals surface area contributed by atoms with Gasteiger partial charge in [-0.1, -0.05) is 17.7 Å². The number of β-amino-alcohol motifs (C(OH)–C–C–N with tert-alkyl or cyclic N) is 1. The summed E-state index contributed by atoms with van der Waals surface area (Å²) in [6.45, 7) is 8.33. The molecule has 1 fully saturated rings. The van der Waals surface area contributed by atoms with Gasteiger partial charge in [-0.25, -0.2) is 0 Å². The van der Waals surface area contributed by atoms with Gasteiger partial charge in [0, 0.05) is 24.7 Å². The van der Waals surface area contributed by atoms with E-state index >= 15 is 0 Å². The molecule has 0 bridgehead atoms. The minimum Gasteiger partial charge on any atom is -0.478 e. The molecule has 0 saturated carbocycles. The minimum absolute atomic E-state index is 0.0168. The molecule has 1 aromatic heterocycles. The third-order valence-electron chi connectivity index (χ3n) is 4.83. The van der Waals surface area contributed by atoms with Crippen LogP contribution in [0.1, 0.15) is 30.8 Å². The van der Waals surface area contributed by atoms with Crippen molar-refractivity contribution in [2.24, 2.45) is 5.92 Å². The van der Waals surface area contributed by atoms with Gasteiger partial charge in [-0.15, -0.1) is 0 Å². The van der Waals surface area contributed by atoms with Crippen molar-refractivity contribution in [1.82, 2.24) is 15.1 Å². The topological polar surface area (TPSA) is 78.5 Å². The van der Waals surface area contributed by atoms with Crippen LogP contribution in [0.2, 0.25) is 0 Å². The van der Waals surface area contributed by atoms with Gasteiger partial charge in [-0.2, -0.15) is 5.10 Å². The van der Waals surface area contributed by atoms with Crippen LogP contribution in [0, 0.1) is 19.8 Å². The Morgan fingerprint density at radius 2 is 2.00 bits per heavy atom. The SMILES string of the molecule is Cc1ccc(OC(C)(C)C(=O)N2CC(O)C(Cc3cc(C)[nH]n3)C2)cc1. The van der Waals surface area contributed by atoms with Crippen LogP contribution in [0.4, 0.5) is 0 Å². The van der Waals surface area contributed by atoms with Crippen molar-refractivity contribution in [1.29, 1.82) is 0 Å². The van der Waals surface area contributed by atoms with Crippen LogP contribution < -0.4 is 4.74 Å². The highest BCUT2D eigenvalue weighted by Crippen LogP contribution is 2.26. The van der Waals surface area contributed by atoms with Crippen LogP contribution in [0.3, 0.4) is 0 Å². The zero-order valence-corrected chi connectivity index (χ0v) is 15.8. The summed E-state index contributed by atoms with van der Waals surface area (Å²) < 4.78 is 5.93. The highest BCUT2D eigenvalue weighted by molar-refractivity contribution is 5.85. The normalized spacial score (nSPS) is 20.4. The molecule has 2 N–H and O–H groups in total. The van der Waals surface area contributed by atoms with E-state index < -0.39 is 11.7 Å². The number of amides is 1. The molecule has 0 aliphatic carbocycles. The Morgan fingerprint density at radius 3 is 2.62 bits per heavy atom. The second-order valence-electron chi connectivity index (χ2n) is 7.71. The molecule has 1 aliphatic heterocycles. The number of benzene rings is 1. The zero-order chi connectivity index (χ0) is 18.9. The van der Waals surface area contributed by atoms with E-state index in [0.29, 0.717) is 25.3 Å². The molecule has 1 amide bonds. The number of carbonyl (C=O) groups is 1. The maximum Gasteiger partial charge on any atom is 0.266 e. The van der Waals surface area contributed by atoms with E-state index in [0.717, 1.165) is 17.0 Å². The van der Waals surface area contributed by atoms with Gasteiger partial charge in [0.15, 0.2) is 5.60 Å². The van der Waals surface area contributed by atoms with Crippen molar-refractivity contribution < 1.29 is 14.6 Å². The fraction of sp³-hybridized carbons (Fsp3) is 0.500. The second kappa shape index (κ2) is 7.11. The first-order valence-corrected chi connectivity index (χ1v) is 8.98. The highest BCUT2D eigenvalue weighted by atomic mass is 16.5. The van der Waals surface area contributed by atoms with Crippen molar-refractivity contribution in [2.75, 3.05) is 13.1 Å². The van der Waals surface area contributed by atoms with Gasteiger partial charge in [0.05, 0.1) is 11.8 Å². The molecule has 3 rings (SSSR count). The number of aryl methyl sites for hydroxylation is 2. The van der Waals surface area contributed by atoms with Crippen molar-refractivity contribution in [3.05, 3.63) is 47.3 Å². The summed E-state index contributed by atoms with van der Waals surface area (Å²) >= 11 is 0. The average Bonchev–Trinajstić information content (AvgIpc) is 3.15. The Hall–Kier alpha value is -2.34. The number of carbonyl (C=O) groups excluding carboxylic acids is 1.